The van der Waals surface area contributed by atoms with Gasteiger partial charge in [-0.1, -0.05) is 0 Å². The summed E-state index contributed by atoms with van der Waals surface area (Å²) < 4.78 is 29.3. The molecule has 0 spiro atoms. The molecule has 0 atom stereocenters. The third-order valence-corrected chi connectivity index (χ3v) is 5.07. The van der Waals surface area contributed by atoms with Gasteiger partial charge in [0, 0.05) is 39.3 Å². The van der Waals surface area contributed by atoms with E-state index in [1.54, 1.807) is 25.4 Å². The molecule has 2 aromatic rings. The summed E-state index contributed by atoms with van der Waals surface area (Å²) in [5.74, 6) is 0.408. The molecular weight excluding hydrogens is 302 g/mol. The first-order valence-electron chi connectivity index (χ1n) is 7.06. The number of hydrogen-bond donors (Lipinski definition) is 1. The fourth-order valence-electron chi connectivity index (χ4n) is 2.35. The molecule has 22 heavy (non-hydrogen) atoms. The average Bonchev–Trinajstić information content (AvgIpc) is 3.21. The number of hydrogen-bond acceptors (Lipinski definition) is 5. The maximum absolute atomic E-state index is 12.6. The molecule has 1 aliphatic rings. The summed E-state index contributed by atoms with van der Waals surface area (Å²) in [7, 11) is 1.65. The molecule has 0 amide bonds. The third kappa shape index (κ3) is 2.78. The summed E-state index contributed by atoms with van der Waals surface area (Å²) in [6.45, 7) is 0. The molecule has 1 fully saturated rings. The fourth-order valence-corrected chi connectivity index (χ4v) is 3.57. The Morgan fingerprint density at radius 2 is 2.09 bits per heavy atom. The van der Waals surface area contributed by atoms with Crippen molar-refractivity contribution in [1.29, 1.82) is 0 Å². The molecule has 0 radical (unpaired) electrons. The van der Waals surface area contributed by atoms with Crippen LogP contribution in [0, 0.1) is 0 Å². The minimum Gasteiger partial charge on any atom is -0.376 e. The summed E-state index contributed by atoms with van der Waals surface area (Å²) in [6.07, 6.45) is 5.29. The molecule has 1 N–H and O–H groups in total. The van der Waals surface area contributed by atoms with Crippen molar-refractivity contribution in [2.45, 2.75) is 23.8 Å². The minimum absolute atomic E-state index is 0.169. The van der Waals surface area contributed by atoms with Crippen LogP contribution in [0.1, 0.15) is 24.5 Å². The molecule has 2 heterocycles. The van der Waals surface area contributed by atoms with Crippen LogP contribution in [0.5, 0.6) is 0 Å². The van der Waals surface area contributed by atoms with Crippen LogP contribution in [-0.4, -0.2) is 37.3 Å². The van der Waals surface area contributed by atoms with Crippen LogP contribution in [0.15, 0.2) is 29.6 Å². The number of aryl methyl sites for hydroxylation is 1. The number of nitrogens with one attached hydrogen (secondary N) is 1. The maximum Gasteiger partial charge on any atom is 0.279 e. The number of pyridine rings is 1. The Bertz CT molecular complexity index is 793. The van der Waals surface area contributed by atoms with Crippen LogP contribution < -0.4 is 9.62 Å². The second-order valence-corrected chi connectivity index (χ2v) is 7.33. The van der Waals surface area contributed by atoms with E-state index in [1.165, 1.54) is 10.9 Å². The van der Waals surface area contributed by atoms with E-state index in [0.29, 0.717) is 11.6 Å². The second-order valence-electron chi connectivity index (χ2n) is 5.70. The maximum atomic E-state index is 12.6. The van der Waals surface area contributed by atoms with Gasteiger partial charge in [-0.25, -0.2) is 0 Å². The van der Waals surface area contributed by atoms with E-state index in [1.807, 2.05) is 19.0 Å². The smallest absolute Gasteiger partial charge is 0.279 e. The SMILES string of the molecule is CN(C)c1ccncc1NS(=O)(=O)c1cc(C2CC2)nn1C. The molecule has 1 aliphatic carbocycles. The van der Waals surface area contributed by atoms with Crippen molar-refractivity contribution in [2.24, 2.45) is 7.05 Å². The number of nitrogens with zero attached hydrogens (tertiary/aromatic N) is 4. The summed E-state index contributed by atoms with van der Waals surface area (Å²) >= 11 is 0. The lowest BCUT2D eigenvalue weighted by molar-refractivity contribution is 0.581. The first-order chi connectivity index (χ1) is 10.4. The van der Waals surface area contributed by atoms with Gasteiger partial charge in [-0.15, -0.1) is 0 Å². The Balaban J connectivity index is 1.94. The van der Waals surface area contributed by atoms with Gasteiger partial charge in [-0.2, -0.15) is 13.5 Å². The van der Waals surface area contributed by atoms with Crippen LogP contribution >= 0.6 is 0 Å². The number of aromatic nitrogens is 3. The van der Waals surface area contributed by atoms with E-state index >= 15 is 0 Å². The Kier molecular flexibility index (Phi) is 3.56. The fraction of sp³-hybridized carbons (Fsp3) is 0.429. The van der Waals surface area contributed by atoms with E-state index in [9.17, 15) is 8.42 Å². The van der Waals surface area contributed by atoms with Crippen LogP contribution in [0.4, 0.5) is 11.4 Å². The van der Waals surface area contributed by atoms with Gasteiger partial charge in [0.1, 0.15) is 0 Å². The molecule has 7 nitrogen and oxygen atoms in total. The molecule has 0 aromatic carbocycles. The van der Waals surface area contributed by atoms with Crippen molar-refractivity contribution in [3.05, 3.63) is 30.2 Å². The van der Waals surface area contributed by atoms with E-state index < -0.39 is 10.0 Å². The van der Waals surface area contributed by atoms with Crippen molar-refractivity contribution >= 4 is 21.4 Å². The highest BCUT2D eigenvalue weighted by Crippen LogP contribution is 2.40. The lowest BCUT2D eigenvalue weighted by Crippen LogP contribution is -2.19. The number of sulfonamides is 1. The van der Waals surface area contributed by atoms with Gasteiger partial charge in [-0.05, 0) is 18.9 Å². The van der Waals surface area contributed by atoms with Crippen molar-refractivity contribution in [3.63, 3.8) is 0 Å². The summed E-state index contributed by atoms with van der Waals surface area (Å²) in [5.41, 5.74) is 2.05. The van der Waals surface area contributed by atoms with E-state index in [2.05, 4.69) is 14.8 Å². The standard InChI is InChI=1S/C14H19N5O2S/c1-18(2)13-6-7-15-9-12(13)17-22(20,21)14-8-11(10-4-5-10)16-19(14)3/h6-10,17H,4-5H2,1-3H3. The highest BCUT2D eigenvalue weighted by atomic mass is 32.2. The largest absolute Gasteiger partial charge is 0.376 e. The molecular formula is C14H19N5O2S. The quantitative estimate of drug-likeness (QED) is 0.904. The van der Waals surface area contributed by atoms with E-state index in [0.717, 1.165) is 24.2 Å². The predicted octanol–water partition coefficient (Wildman–Crippen LogP) is 1.56. The van der Waals surface area contributed by atoms with Gasteiger partial charge in [0.25, 0.3) is 10.0 Å². The lowest BCUT2D eigenvalue weighted by Gasteiger charge is -2.17. The predicted molar refractivity (Wildman–Crippen MR) is 84.6 cm³/mol. The molecule has 3 rings (SSSR count). The van der Waals surface area contributed by atoms with E-state index in [4.69, 9.17) is 0 Å². The molecule has 0 unspecified atom stereocenters. The molecule has 0 bridgehead atoms. The third-order valence-electron chi connectivity index (χ3n) is 3.65. The second kappa shape index (κ2) is 5.28. The molecule has 0 saturated heterocycles. The number of anilines is 2. The number of rotatable bonds is 5. The minimum atomic E-state index is -3.70. The zero-order chi connectivity index (χ0) is 15.9. The lowest BCUT2D eigenvalue weighted by atomic mass is 10.3. The Hall–Kier alpha value is -2.09. The average molecular weight is 321 g/mol. The van der Waals surface area contributed by atoms with Gasteiger partial charge >= 0.3 is 0 Å². The van der Waals surface area contributed by atoms with Crippen LogP contribution in [0.2, 0.25) is 0 Å². The summed E-state index contributed by atoms with van der Waals surface area (Å²) in [5, 5.41) is 4.48. The Labute approximate surface area is 130 Å². The van der Waals surface area contributed by atoms with Crippen molar-refractivity contribution in [1.82, 2.24) is 14.8 Å². The van der Waals surface area contributed by atoms with Crippen molar-refractivity contribution in [2.75, 3.05) is 23.7 Å². The highest BCUT2D eigenvalue weighted by molar-refractivity contribution is 7.92. The topological polar surface area (TPSA) is 80.1 Å². The Morgan fingerprint density at radius 3 is 2.73 bits per heavy atom. The van der Waals surface area contributed by atoms with E-state index in [-0.39, 0.29) is 5.03 Å². The van der Waals surface area contributed by atoms with Gasteiger partial charge in [0.15, 0.2) is 5.03 Å². The van der Waals surface area contributed by atoms with Gasteiger partial charge in [0.2, 0.25) is 0 Å². The molecule has 118 valence electrons. The highest BCUT2D eigenvalue weighted by Gasteiger charge is 2.30. The first-order valence-corrected chi connectivity index (χ1v) is 8.55. The van der Waals surface area contributed by atoms with Gasteiger partial charge < -0.3 is 4.90 Å². The molecule has 1 saturated carbocycles. The zero-order valence-electron chi connectivity index (χ0n) is 12.8. The van der Waals surface area contributed by atoms with Crippen LogP contribution in [0.25, 0.3) is 0 Å². The molecule has 2 aromatic heterocycles. The van der Waals surface area contributed by atoms with Gasteiger partial charge in [0.05, 0.1) is 23.3 Å². The molecule has 0 aliphatic heterocycles. The van der Waals surface area contributed by atoms with Crippen molar-refractivity contribution in [3.8, 4) is 0 Å². The van der Waals surface area contributed by atoms with Crippen molar-refractivity contribution < 1.29 is 8.42 Å². The summed E-state index contributed by atoms with van der Waals surface area (Å²) in [4.78, 5) is 5.83. The Morgan fingerprint density at radius 1 is 1.36 bits per heavy atom. The summed E-state index contributed by atoms with van der Waals surface area (Å²) in [6, 6.07) is 3.42. The van der Waals surface area contributed by atoms with Gasteiger partial charge in [-0.3, -0.25) is 14.4 Å². The first kappa shape index (κ1) is 14.8. The van der Waals surface area contributed by atoms with Crippen LogP contribution in [-0.2, 0) is 17.1 Å². The zero-order valence-corrected chi connectivity index (χ0v) is 13.6. The normalized spacial score (nSPS) is 14.9. The molecule has 8 heteroatoms. The van der Waals surface area contributed by atoms with Crippen LogP contribution in [0.3, 0.4) is 0 Å². The monoisotopic (exact) mass is 321 g/mol.